The van der Waals surface area contributed by atoms with Crippen molar-refractivity contribution in [2.24, 2.45) is 5.73 Å². The third-order valence-electron chi connectivity index (χ3n) is 2.22. The van der Waals surface area contributed by atoms with Gasteiger partial charge in [-0.25, -0.2) is 4.98 Å². The second-order valence-electron chi connectivity index (χ2n) is 3.33. The number of ether oxygens (including phenoxy) is 2. The Labute approximate surface area is 94.0 Å². The van der Waals surface area contributed by atoms with Crippen LogP contribution in [0.2, 0.25) is 0 Å². The highest BCUT2D eigenvalue weighted by atomic mass is 16.5. The lowest BCUT2D eigenvalue weighted by molar-refractivity contribution is 0.297. The van der Waals surface area contributed by atoms with Gasteiger partial charge in [0.15, 0.2) is 5.75 Å². The topological polar surface area (TPSA) is 57.4 Å². The fraction of sp³-hybridized carbons (Fsp3) is 0.250. The first-order valence-electron chi connectivity index (χ1n) is 5.12. The van der Waals surface area contributed by atoms with Gasteiger partial charge in [0.1, 0.15) is 6.61 Å². The van der Waals surface area contributed by atoms with Gasteiger partial charge in [0, 0.05) is 11.9 Å². The number of rotatable bonds is 4. The van der Waals surface area contributed by atoms with E-state index in [1.54, 1.807) is 7.11 Å². The highest BCUT2D eigenvalue weighted by molar-refractivity contribution is 5.80. The number of pyridine rings is 1. The van der Waals surface area contributed by atoms with Crippen LogP contribution in [0.1, 0.15) is 0 Å². The highest BCUT2D eigenvalue weighted by Crippen LogP contribution is 2.28. The lowest BCUT2D eigenvalue weighted by atomic mass is 10.2. The molecule has 0 unspecified atom stereocenters. The van der Waals surface area contributed by atoms with Crippen molar-refractivity contribution in [2.45, 2.75) is 0 Å². The van der Waals surface area contributed by atoms with Crippen LogP contribution in [0.3, 0.4) is 0 Å². The smallest absolute Gasteiger partial charge is 0.257 e. The zero-order chi connectivity index (χ0) is 11.4. The van der Waals surface area contributed by atoms with Gasteiger partial charge in [-0.15, -0.1) is 0 Å². The van der Waals surface area contributed by atoms with Crippen molar-refractivity contribution >= 4 is 10.9 Å². The zero-order valence-electron chi connectivity index (χ0n) is 9.14. The first-order valence-corrected chi connectivity index (χ1v) is 5.12. The Kier molecular flexibility index (Phi) is 3.22. The van der Waals surface area contributed by atoms with Gasteiger partial charge in [-0.05, 0) is 12.1 Å². The van der Waals surface area contributed by atoms with Crippen LogP contribution in [-0.4, -0.2) is 25.2 Å². The number of benzene rings is 1. The predicted octanol–water partition coefficient (Wildman–Crippen LogP) is 1.58. The van der Waals surface area contributed by atoms with Crippen molar-refractivity contribution < 1.29 is 9.47 Å². The van der Waals surface area contributed by atoms with Crippen LogP contribution in [0.15, 0.2) is 30.3 Å². The molecule has 0 amide bonds. The van der Waals surface area contributed by atoms with Crippen LogP contribution >= 0.6 is 0 Å². The van der Waals surface area contributed by atoms with Crippen LogP contribution in [-0.2, 0) is 0 Å². The van der Waals surface area contributed by atoms with E-state index < -0.39 is 0 Å². The Morgan fingerprint density at radius 2 is 2.12 bits per heavy atom. The molecule has 2 rings (SSSR count). The highest BCUT2D eigenvalue weighted by Gasteiger charge is 2.07. The van der Waals surface area contributed by atoms with Crippen molar-refractivity contribution in [1.29, 1.82) is 0 Å². The minimum absolute atomic E-state index is 0.455. The monoisotopic (exact) mass is 218 g/mol. The molecule has 1 heterocycles. The maximum Gasteiger partial charge on any atom is 0.257 e. The van der Waals surface area contributed by atoms with Crippen LogP contribution in [0, 0.1) is 0 Å². The molecule has 4 nitrogen and oxygen atoms in total. The molecule has 0 fully saturated rings. The number of methoxy groups -OCH3 is 1. The van der Waals surface area contributed by atoms with Crippen LogP contribution in [0.25, 0.3) is 10.9 Å². The summed E-state index contributed by atoms with van der Waals surface area (Å²) in [4.78, 5) is 4.36. The van der Waals surface area contributed by atoms with E-state index >= 15 is 0 Å². The maximum absolute atomic E-state index is 5.47. The molecule has 84 valence electrons. The number of nitrogens with two attached hydrogens (primary N) is 1. The van der Waals surface area contributed by atoms with Gasteiger partial charge in [0.25, 0.3) is 5.88 Å². The normalized spacial score (nSPS) is 10.4. The number of nitrogens with zero attached hydrogens (tertiary/aromatic N) is 1. The molecule has 16 heavy (non-hydrogen) atoms. The van der Waals surface area contributed by atoms with Crippen molar-refractivity contribution in [2.75, 3.05) is 20.3 Å². The standard InChI is InChI=1S/C12H14N2O2/c1-15-12-11(16-7-6-13)8-9-4-2-3-5-10(9)14-12/h2-5,8H,6-7,13H2,1H3. The van der Waals surface area contributed by atoms with Gasteiger partial charge in [0.05, 0.1) is 12.6 Å². The van der Waals surface area contributed by atoms with E-state index in [0.29, 0.717) is 24.8 Å². The van der Waals surface area contributed by atoms with Crippen LogP contribution in [0.5, 0.6) is 11.6 Å². The maximum atomic E-state index is 5.47. The second-order valence-corrected chi connectivity index (χ2v) is 3.33. The first-order chi connectivity index (χ1) is 7.85. The lowest BCUT2D eigenvalue weighted by Gasteiger charge is -2.10. The molecule has 0 saturated carbocycles. The van der Waals surface area contributed by atoms with E-state index in [-0.39, 0.29) is 0 Å². The van der Waals surface area contributed by atoms with E-state index in [2.05, 4.69) is 4.98 Å². The molecule has 0 bridgehead atoms. The largest absolute Gasteiger partial charge is 0.487 e. The van der Waals surface area contributed by atoms with Crippen molar-refractivity contribution in [1.82, 2.24) is 4.98 Å². The van der Waals surface area contributed by atoms with Crippen LogP contribution in [0.4, 0.5) is 0 Å². The molecule has 0 spiro atoms. The van der Waals surface area contributed by atoms with Gasteiger partial charge in [-0.1, -0.05) is 18.2 Å². The average Bonchev–Trinajstić information content (AvgIpc) is 2.35. The Hall–Kier alpha value is -1.81. The molecule has 2 N–H and O–H groups in total. The molecule has 2 aromatic rings. The summed E-state index contributed by atoms with van der Waals surface area (Å²) in [7, 11) is 1.58. The summed E-state index contributed by atoms with van der Waals surface area (Å²) in [6, 6.07) is 9.73. The lowest BCUT2D eigenvalue weighted by Crippen LogP contribution is -2.11. The van der Waals surface area contributed by atoms with Gasteiger partial charge >= 0.3 is 0 Å². The Morgan fingerprint density at radius 1 is 1.31 bits per heavy atom. The van der Waals surface area contributed by atoms with Gasteiger partial charge in [-0.3, -0.25) is 0 Å². The Balaban J connectivity index is 2.45. The van der Waals surface area contributed by atoms with Crippen LogP contribution < -0.4 is 15.2 Å². The van der Waals surface area contributed by atoms with Gasteiger partial charge in [-0.2, -0.15) is 0 Å². The number of para-hydroxylation sites is 1. The quantitative estimate of drug-likeness (QED) is 0.846. The molecule has 0 radical (unpaired) electrons. The molecular weight excluding hydrogens is 204 g/mol. The third kappa shape index (κ3) is 2.06. The summed E-state index contributed by atoms with van der Waals surface area (Å²) >= 11 is 0. The summed E-state index contributed by atoms with van der Waals surface area (Å²) < 4.78 is 10.6. The SMILES string of the molecule is COc1nc2ccccc2cc1OCCN. The second kappa shape index (κ2) is 4.81. The predicted molar refractivity (Wildman–Crippen MR) is 62.8 cm³/mol. The molecule has 0 saturated heterocycles. The van der Waals surface area contributed by atoms with E-state index in [1.165, 1.54) is 0 Å². The van der Waals surface area contributed by atoms with Gasteiger partial charge < -0.3 is 15.2 Å². The Bertz CT molecular complexity index is 485. The summed E-state index contributed by atoms with van der Waals surface area (Å²) in [6.45, 7) is 0.923. The van der Waals surface area contributed by atoms with E-state index in [1.807, 2.05) is 30.3 Å². The van der Waals surface area contributed by atoms with Gasteiger partial charge in [0.2, 0.25) is 0 Å². The fourth-order valence-corrected chi connectivity index (χ4v) is 1.50. The number of fused-ring (bicyclic) bond motifs is 1. The summed E-state index contributed by atoms with van der Waals surface area (Å²) in [6.07, 6.45) is 0. The molecular formula is C12H14N2O2. The van der Waals surface area contributed by atoms with Crippen molar-refractivity contribution in [3.63, 3.8) is 0 Å². The minimum atomic E-state index is 0.455. The van der Waals surface area contributed by atoms with E-state index in [4.69, 9.17) is 15.2 Å². The first kappa shape index (κ1) is 10.7. The molecule has 0 atom stereocenters. The number of hydrogen-bond acceptors (Lipinski definition) is 4. The van der Waals surface area contributed by atoms with Crippen molar-refractivity contribution in [3.8, 4) is 11.6 Å². The van der Waals surface area contributed by atoms with E-state index in [0.717, 1.165) is 10.9 Å². The molecule has 1 aromatic heterocycles. The molecule has 4 heteroatoms. The Morgan fingerprint density at radius 3 is 2.88 bits per heavy atom. The number of aromatic nitrogens is 1. The number of hydrogen-bond donors (Lipinski definition) is 1. The fourth-order valence-electron chi connectivity index (χ4n) is 1.50. The van der Waals surface area contributed by atoms with E-state index in [9.17, 15) is 0 Å². The summed E-state index contributed by atoms with van der Waals surface area (Å²) in [5.74, 6) is 1.12. The minimum Gasteiger partial charge on any atom is -0.487 e. The molecule has 0 aliphatic rings. The molecule has 0 aliphatic heterocycles. The molecule has 1 aromatic carbocycles. The summed E-state index contributed by atoms with van der Waals surface area (Å²) in [5.41, 5.74) is 6.28. The molecule has 0 aliphatic carbocycles. The summed E-state index contributed by atoms with van der Waals surface area (Å²) in [5, 5.41) is 1.02. The third-order valence-corrected chi connectivity index (χ3v) is 2.22. The zero-order valence-corrected chi connectivity index (χ0v) is 9.14. The van der Waals surface area contributed by atoms with Crippen molar-refractivity contribution in [3.05, 3.63) is 30.3 Å². The average molecular weight is 218 g/mol.